The molecule has 82 valence electrons. The summed E-state index contributed by atoms with van der Waals surface area (Å²) < 4.78 is 50.8. The average Bonchev–Trinajstić information content (AvgIpc) is 2.23. The predicted molar refractivity (Wildman–Crippen MR) is 42.1 cm³/mol. The first-order valence-corrected chi connectivity index (χ1v) is 3.78. The highest BCUT2D eigenvalue weighted by atomic mass is 19.3. The zero-order valence-electron chi connectivity index (χ0n) is 7.40. The standard InChI is InChI=1S/C6H10F4N4/c1-12-4(13-11)14-2-5(7,8)6(9,10)3-14/h2-3,11H2,1H3,(H,12,13). The largest absolute Gasteiger partial charge is 0.329 e. The number of rotatable bonds is 0. The van der Waals surface area contributed by atoms with Gasteiger partial charge in [0.15, 0.2) is 0 Å². The van der Waals surface area contributed by atoms with Gasteiger partial charge in [-0.05, 0) is 0 Å². The highest BCUT2D eigenvalue weighted by Gasteiger charge is 2.63. The van der Waals surface area contributed by atoms with Gasteiger partial charge in [-0.15, -0.1) is 0 Å². The van der Waals surface area contributed by atoms with Crippen LogP contribution in [-0.2, 0) is 0 Å². The van der Waals surface area contributed by atoms with Gasteiger partial charge in [-0.3, -0.25) is 10.4 Å². The molecule has 0 atom stereocenters. The number of alkyl halides is 4. The Labute approximate surface area is 77.7 Å². The number of nitrogens with zero attached hydrogens (tertiary/aromatic N) is 2. The SMILES string of the molecule is CN=C(NN)N1CC(F)(F)C(F)(F)C1. The lowest BCUT2D eigenvalue weighted by atomic mass is 10.2. The van der Waals surface area contributed by atoms with E-state index in [1.165, 1.54) is 7.05 Å². The van der Waals surface area contributed by atoms with Gasteiger partial charge in [0, 0.05) is 7.05 Å². The van der Waals surface area contributed by atoms with Crippen LogP contribution in [0.4, 0.5) is 17.6 Å². The molecule has 3 N–H and O–H groups in total. The molecule has 4 nitrogen and oxygen atoms in total. The van der Waals surface area contributed by atoms with Gasteiger partial charge in [-0.1, -0.05) is 0 Å². The van der Waals surface area contributed by atoms with Crippen molar-refractivity contribution in [3.8, 4) is 0 Å². The van der Waals surface area contributed by atoms with Gasteiger partial charge in [-0.25, -0.2) is 5.84 Å². The third kappa shape index (κ3) is 1.61. The Morgan fingerprint density at radius 3 is 2.00 bits per heavy atom. The van der Waals surface area contributed by atoms with Gasteiger partial charge < -0.3 is 4.90 Å². The topological polar surface area (TPSA) is 53.6 Å². The summed E-state index contributed by atoms with van der Waals surface area (Å²) in [5, 5.41) is 0. The highest BCUT2D eigenvalue weighted by molar-refractivity contribution is 5.79. The summed E-state index contributed by atoms with van der Waals surface area (Å²) in [7, 11) is 1.27. The van der Waals surface area contributed by atoms with Gasteiger partial charge in [0.2, 0.25) is 5.96 Å². The molecule has 0 radical (unpaired) electrons. The minimum absolute atomic E-state index is 0.179. The summed E-state index contributed by atoms with van der Waals surface area (Å²) in [6.45, 7) is -2.17. The van der Waals surface area contributed by atoms with Gasteiger partial charge >= 0.3 is 11.8 Å². The summed E-state index contributed by atoms with van der Waals surface area (Å²) in [6.07, 6.45) is 0. The number of guanidine groups is 1. The molecule has 1 fully saturated rings. The van der Waals surface area contributed by atoms with Crippen LogP contribution in [-0.4, -0.2) is 42.8 Å². The molecule has 0 unspecified atom stereocenters. The van der Waals surface area contributed by atoms with Crippen LogP contribution < -0.4 is 11.3 Å². The Hall–Kier alpha value is -1.05. The summed E-state index contributed by atoms with van der Waals surface area (Å²) in [4.78, 5) is 4.17. The van der Waals surface area contributed by atoms with Crippen LogP contribution in [0.2, 0.25) is 0 Å². The summed E-state index contributed by atoms with van der Waals surface area (Å²) in [6, 6.07) is 0. The molecular formula is C6H10F4N4. The van der Waals surface area contributed by atoms with E-state index < -0.39 is 24.9 Å². The third-order valence-electron chi connectivity index (χ3n) is 1.95. The maximum atomic E-state index is 12.7. The van der Waals surface area contributed by atoms with Crippen LogP contribution in [0.1, 0.15) is 0 Å². The van der Waals surface area contributed by atoms with E-state index in [9.17, 15) is 17.6 Å². The van der Waals surface area contributed by atoms with Crippen molar-refractivity contribution >= 4 is 5.96 Å². The Balaban J connectivity index is 2.82. The molecule has 0 spiro atoms. The van der Waals surface area contributed by atoms with Crippen molar-refractivity contribution in [2.75, 3.05) is 20.1 Å². The van der Waals surface area contributed by atoms with E-state index in [0.717, 1.165) is 0 Å². The van der Waals surface area contributed by atoms with Crippen molar-refractivity contribution < 1.29 is 17.6 Å². The molecule has 0 aliphatic carbocycles. The maximum Gasteiger partial charge on any atom is 0.329 e. The molecular weight excluding hydrogens is 204 g/mol. The number of hydrogen-bond donors (Lipinski definition) is 2. The summed E-state index contributed by atoms with van der Waals surface area (Å²) >= 11 is 0. The third-order valence-corrected chi connectivity index (χ3v) is 1.95. The molecule has 0 saturated carbocycles. The molecule has 1 saturated heterocycles. The van der Waals surface area contributed by atoms with Crippen LogP contribution in [0.3, 0.4) is 0 Å². The van der Waals surface area contributed by atoms with E-state index >= 15 is 0 Å². The molecule has 0 aromatic rings. The number of hydrogen-bond acceptors (Lipinski definition) is 2. The lowest BCUT2D eigenvalue weighted by molar-refractivity contribution is -0.172. The molecule has 14 heavy (non-hydrogen) atoms. The molecule has 1 aliphatic rings. The fourth-order valence-corrected chi connectivity index (χ4v) is 1.21. The average molecular weight is 214 g/mol. The van der Waals surface area contributed by atoms with Gasteiger partial charge in [0.25, 0.3) is 0 Å². The van der Waals surface area contributed by atoms with Crippen molar-refractivity contribution in [2.24, 2.45) is 10.8 Å². The molecule has 0 aromatic carbocycles. The van der Waals surface area contributed by atoms with E-state index in [4.69, 9.17) is 5.84 Å². The Kier molecular flexibility index (Phi) is 2.57. The molecule has 1 aliphatic heterocycles. The monoisotopic (exact) mass is 214 g/mol. The van der Waals surface area contributed by atoms with Crippen molar-refractivity contribution in [3.05, 3.63) is 0 Å². The first-order valence-electron chi connectivity index (χ1n) is 3.78. The molecule has 0 bridgehead atoms. The van der Waals surface area contributed by atoms with Crippen molar-refractivity contribution in [3.63, 3.8) is 0 Å². The smallest absolute Gasteiger partial charge is 0.329 e. The maximum absolute atomic E-state index is 12.7. The molecule has 1 heterocycles. The quantitative estimate of drug-likeness (QED) is 0.196. The number of hydrazine groups is 1. The van der Waals surface area contributed by atoms with Crippen molar-refractivity contribution in [1.29, 1.82) is 0 Å². The lowest BCUT2D eigenvalue weighted by Crippen LogP contribution is -2.44. The van der Waals surface area contributed by atoms with Crippen LogP contribution >= 0.6 is 0 Å². The van der Waals surface area contributed by atoms with E-state index in [-0.39, 0.29) is 5.96 Å². The minimum Gasteiger partial charge on any atom is -0.329 e. The van der Waals surface area contributed by atoms with Gasteiger partial charge in [0.05, 0.1) is 13.1 Å². The fourth-order valence-electron chi connectivity index (χ4n) is 1.21. The second kappa shape index (κ2) is 3.26. The van der Waals surface area contributed by atoms with Crippen LogP contribution in [0.25, 0.3) is 0 Å². The van der Waals surface area contributed by atoms with Crippen LogP contribution in [0.15, 0.2) is 4.99 Å². The number of halogens is 4. The summed E-state index contributed by atoms with van der Waals surface area (Å²) in [5.74, 6) is -3.33. The summed E-state index contributed by atoms with van der Waals surface area (Å²) in [5.41, 5.74) is 1.98. The second-order valence-electron chi connectivity index (χ2n) is 2.96. The van der Waals surface area contributed by atoms with Gasteiger partial charge in [-0.2, -0.15) is 17.6 Å². The van der Waals surface area contributed by atoms with E-state index in [2.05, 4.69) is 4.99 Å². The number of nitrogens with two attached hydrogens (primary N) is 1. The first-order chi connectivity index (χ1) is 6.34. The number of nitrogens with one attached hydrogen (secondary N) is 1. The van der Waals surface area contributed by atoms with Gasteiger partial charge in [0.1, 0.15) is 0 Å². The predicted octanol–water partition coefficient (Wildman–Crippen LogP) is 0.0217. The molecule has 0 aromatic heterocycles. The molecule has 8 heteroatoms. The highest BCUT2D eigenvalue weighted by Crippen LogP contribution is 2.40. The molecule has 1 rings (SSSR count). The second-order valence-corrected chi connectivity index (χ2v) is 2.96. The van der Waals surface area contributed by atoms with E-state index in [0.29, 0.717) is 4.90 Å². The van der Waals surface area contributed by atoms with Crippen molar-refractivity contribution in [1.82, 2.24) is 10.3 Å². The van der Waals surface area contributed by atoms with Crippen LogP contribution in [0.5, 0.6) is 0 Å². The Morgan fingerprint density at radius 1 is 1.29 bits per heavy atom. The normalized spacial score (nSPS) is 25.3. The van der Waals surface area contributed by atoms with Crippen molar-refractivity contribution in [2.45, 2.75) is 11.8 Å². The van der Waals surface area contributed by atoms with E-state index in [1.54, 1.807) is 0 Å². The lowest BCUT2D eigenvalue weighted by Gasteiger charge is -2.17. The van der Waals surface area contributed by atoms with E-state index in [1.807, 2.05) is 5.43 Å². The minimum atomic E-state index is -4.04. The Morgan fingerprint density at radius 2 is 1.71 bits per heavy atom. The zero-order chi connectivity index (χ0) is 11.0. The molecule has 0 amide bonds. The first kappa shape index (κ1) is 11.0. The number of aliphatic imine (C=N–C) groups is 1. The number of likely N-dealkylation sites (tertiary alicyclic amines) is 1. The Bertz CT molecular complexity index is 236. The fraction of sp³-hybridized carbons (Fsp3) is 0.833. The zero-order valence-corrected chi connectivity index (χ0v) is 7.40. The van der Waals surface area contributed by atoms with Crippen LogP contribution in [0, 0.1) is 0 Å².